The number of aromatic nitrogens is 2. The SMILES string of the molecule is O=C(Nc1ncnc2c([C@@H]3O[C@H](CO)[C@@H](O)[C@@H]3F)csc12)c1ccccc1. The molecule has 0 bridgehead atoms. The van der Waals surface area contributed by atoms with Gasteiger partial charge in [0.25, 0.3) is 5.91 Å². The lowest BCUT2D eigenvalue weighted by Crippen LogP contribution is -2.30. The highest BCUT2D eigenvalue weighted by Crippen LogP contribution is 2.41. The number of aliphatic hydroxyl groups excluding tert-OH is 2. The van der Waals surface area contributed by atoms with Crippen molar-refractivity contribution in [3.63, 3.8) is 0 Å². The lowest BCUT2D eigenvalue weighted by Gasteiger charge is -2.12. The van der Waals surface area contributed by atoms with E-state index in [0.29, 0.717) is 27.2 Å². The van der Waals surface area contributed by atoms with Crippen LogP contribution in [-0.2, 0) is 4.74 Å². The molecule has 3 N–H and O–H groups in total. The predicted molar refractivity (Wildman–Crippen MR) is 97.4 cm³/mol. The van der Waals surface area contributed by atoms with Crippen molar-refractivity contribution in [2.45, 2.75) is 24.5 Å². The van der Waals surface area contributed by atoms with Gasteiger partial charge in [0.2, 0.25) is 0 Å². The van der Waals surface area contributed by atoms with Crippen LogP contribution in [0.3, 0.4) is 0 Å². The van der Waals surface area contributed by atoms with Gasteiger partial charge in [0.15, 0.2) is 12.0 Å². The molecule has 1 aromatic carbocycles. The zero-order valence-corrected chi connectivity index (χ0v) is 14.8. The van der Waals surface area contributed by atoms with E-state index in [2.05, 4.69) is 15.3 Å². The average molecular weight is 389 g/mol. The fourth-order valence-corrected chi connectivity index (χ4v) is 4.04. The van der Waals surface area contributed by atoms with Crippen LogP contribution in [0, 0.1) is 0 Å². The number of anilines is 1. The Kier molecular flexibility index (Phi) is 4.83. The number of alkyl halides is 1. The van der Waals surface area contributed by atoms with Crippen LogP contribution < -0.4 is 5.32 Å². The van der Waals surface area contributed by atoms with E-state index in [-0.39, 0.29) is 5.91 Å². The number of nitrogens with zero attached hydrogens (tertiary/aromatic N) is 2. The van der Waals surface area contributed by atoms with Gasteiger partial charge in [-0.2, -0.15) is 0 Å². The van der Waals surface area contributed by atoms with Gasteiger partial charge in [-0.15, -0.1) is 11.3 Å². The Balaban J connectivity index is 1.65. The molecule has 3 aromatic rings. The summed E-state index contributed by atoms with van der Waals surface area (Å²) < 4.78 is 20.5. The maximum absolute atomic E-state index is 14.4. The molecular weight excluding hydrogens is 373 g/mol. The summed E-state index contributed by atoms with van der Waals surface area (Å²) in [6, 6.07) is 8.70. The van der Waals surface area contributed by atoms with Gasteiger partial charge in [0.05, 0.1) is 16.8 Å². The second kappa shape index (κ2) is 7.28. The van der Waals surface area contributed by atoms with Gasteiger partial charge in [-0.25, -0.2) is 14.4 Å². The lowest BCUT2D eigenvalue weighted by atomic mass is 10.0. The Hall–Kier alpha value is -2.46. The van der Waals surface area contributed by atoms with Crippen molar-refractivity contribution in [3.05, 3.63) is 53.2 Å². The van der Waals surface area contributed by atoms with Crippen molar-refractivity contribution in [1.29, 1.82) is 0 Å². The third-order valence-electron chi connectivity index (χ3n) is 4.45. The topological polar surface area (TPSA) is 105 Å². The van der Waals surface area contributed by atoms with E-state index in [1.165, 1.54) is 17.7 Å². The van der Waals surface area contributed by atoms with Crippen LogP contribution in [0.2, 0.25) is 0 Å². The van der Waals surface area contributed by atoms with E-state index >= 15 is 0 Å². The minimum atomic E-state index is -1.68. The smallest absolute Gasteiger partial charge is 0.256 e. The highest BCUT2D eigenvalue weighted by molar-refractivity contribution is 7.18. The largest absolute Gasteiger partial charge is 0.394 e. The van der Waals surface area contributed by atoms with Crippen LogP contribution >= 0.6 is 11.3 Å². The summed E-state index contributed by atoms with van der Waals surface area (Å²) in [5.41, 5.74) is 1.38. The quantitative estimate of drug-likeness (QED) is 0.631. The summed E-state index contributed by atoms with van der Waals surface area (Å²) in [5.74, 6) is -0.000402. The summed E-state index contributed by atoms with van der Waals surface area (Å²) in [7, 11) is 0. The fraction of sp³-hybridized carbons (Fsp3) is 0.278. The number of hydrogen-bond donors (Lipinski definition) is 3. The van der Waals surface area contributed by atoms with E-state index in [1.54, 1.807) is 29.6 Å². The van der Waals surface area contributed by atoms with E-state index in [1.807, 2.05) is 6.07 Å². The van der Waals surface area contributed by atoms with Crippen LogP contribution in [0.15, 0.2) is 42.0 Å². The van der Waals surface area contributed by atoms with E-state index in [9.17, 15) is 19.4 Å². The number of carbonyl (C=O) groups is 1. The number of benzene rings is 1. The Labute approximate surface area is 157 Å². The summed E-state index contributed by atoms with van der Waals surface area (Å²) in [6.45, 7) is -0.479. The molecule has 1 fully saturated rings. The summed E-state index contributed by atoms with van der Waals surface area (Å²) >= 11 is 1.25. The maximum atomic E-state index is 14.4. The third kappa shape index (κ3) is 3.19. The normalized spacial score (nSPS) is 25.0. The first kappa shape index (κ1) is 17.9. The van der Waals surface area contributed by atoms with Crippen LogP contribution in [0.25, 0.3) is 10.2 Å². The number of ether oxygens (including phenoxy) is 1. The number of amides is 1. The molecule has 1 saturated heterocycles. The molecule has 9 heteroatoms. The van der Waals surface area contributed by atoms with Crippen molar-refractivity contribution in [2.24, 2.45) is 0 Å². The van der Waals surface area contributed by atoms with Gasteiger partial charge in [-0.05, 0) is 17.5 Å². The first-order valence-corrected chi connectivity index (χ1v) is 9.15. The lowest BCUT2D eigenvalue weighted by molar-refractivity contribution is -0.0222. The first-order valence-electron chi connectivity index (χ1n) is 8.27. The third-order valence-corrected chi connectivity index (χ3v) is 5.45. The number of thiophene rings is 1. The molecule has 0 spiro atoms. The monoisotopic (exact) mass is 389 g/mol. The zero-order chi connectivity index (χ0) is 19.0. The second-order valence-electron chi connectivity index (χ2n) is 6.12. The molecule has 3 heterocycles. The van der Waals surface area contributed by atoms with Crippen molar-refractivity contribution in [3.8, 4) is 0 Å². The van der Waals surface area contributed by atoms with Crippen LogP contribution in [0.1, 0.15) is 22.0 Å². The minimum absolute atomic E-state index is 0.317. The van der Waals surface area contributed by atoms with Gasteiger partial charge < -0.3 is 20.3 Å². The van der Waals surface area contributed by atoms with Crippen LogP contribution in [0.5, 0.6) is 0 Å². The number of fused-ring (bicyclic) bond motifs is 1. The standard InChI is InChI=1S/C18H16FN3O4S/c19-12-14(24)11(6-23)26-15(12)10-7-27-16-13(10)20-8-21-17(16)22-18(25)9-4-2-1-3-5-9/h1-5,7-8,11-12,14-15,23-24H,6H2,(H,20,21,22,25)/t11-,12+,14-,15+/m1/s1. The van der Waals surface area contributed by atoms with Gasteiger partial charge in [-0.3, -0.25) is 4.79 Å². The van der Waals surface area contributed by atoms with E-state index < -0.39 is 31.1 Å². The summed E-state index contributed by atoms with van der Waals surface area (Å²) in [6.07, 6.45) is -3.84. The molecular formula is C18H16FN3O4S. The second-order valence-corrected chi connectivity index (χ2v) is 7.00. The Morgan fingerprint density at radius 3 is 2.78 bits per heavy atom. The van der Waals surface area contributed by atoms with Gasteiger partial charge in [0, 0.05) is 11.1 Å². The van der Waals surface area contributed by atoms with Gasteiger partial charge in [0.1, 0.15) is 24.6 Å². The number of aliphatic hydroxyl groups is 2. The molecule has 0 aliphatic carbocycles. The molecule has 1 aliphatic rings. The summed E-state index contributed by atoms with van der Waals surface area (Å²) in [5, 5.41) is 23.5. The Morgan fingerprint density at radius 1 is 1.30 bits per heavy atom. The molecule has 2 aromatic heterocycles. The van der Waals surface area contributed by atoms with Crippen molar-refractivity contribution < 1.29 is 24.1 Å². The molecule has 140 valence electrons. The number of nitrogens with one attached hydrogen (secondary N) is 1. The molecule has 1 amide bonds. The van der Waals surface area contributed by atoms with Gasteiger partial charge in [-0.1, -0.05) is 18.2 Å². The maximum Gasteiger partial charge on any atom is 0.256 e. The number of halogens is 1. The van der Waals surface area contributed by atoms with E-state index in [4.69, 9.17) is 4.74 Å². The Morgan fingerprint density at radius 2 is 2.07 bits per heavy atom. The predicted octanol–water partition coefficient (Wildman–Crippen LogP) is 2.07. The van der Waals surface area contributed by atoms with Crippen LogP contribution in [-0.4, -0.2) is 51.1 Å². The summed E-state index contributed by atoms with van der Waals surface area (Å²) in [4.78, 5) is 20.7. The molecule has 0 saturated carbocycles. The molecule has 4 atom stereocenters. The van der Waals surface area contributed by atoms with Crippen molar-refractivity contribution in [2.75, 3.05) is 11.9 Å². The van der Waals surface area contributed by atoms with E-state index in [0.717, 1.165) is 0 Å². The zero-order valence-electron chi connectivity index (χ0n) is 13.9. The molecule has 0 radical (unpaired) electrons. The van der Waals surface area contributed by atoms with Crippen molar-refractivity contribution in [1.82, 2.24) is 9.97 Å². The molecule has 0 unspecified atom stereocenters. The average Bonchev–Trinajstić information content (AvgIpc) is 3.25. The van der Waals surface area contributed by atoms with Crippen molar-refractivity contribution >= 4 is 33.3 Å². The fourth-order valence-electron chi connectivity index (χ4n) is 3.05. The molecule has 27 heavy (non-hydrogen) atoms. The number of carbonyl (C=O) groups excluding carboxylic acids is 1. The number of rotatable bonds is 4. The highest BCUT2D eigenvalue weighted by Gasteiger charge is 2.45. The van der Waals surface area contributed by atoms with Gasteiger partial charge >= 0.3 is 0 Å². The highest BCUT2D eigenvalue weighted by atomic mass is 32.1. The first-order chi connectivity index (χ1) is 13.1. The van der Waals surface area contributed by atoms with Crippen LogP contribution in [0.4, 0.5) is 10.2 Å². The molecule has 1 aliphatic heterocycles. The molecule has 7 nitrogen and oxygen atoms in total. The minimum Gasteiger partial charge on any atom is -0.394 e. The molecule has 4 rings (SSSR count). The number of hydrogen-bond acceptors (Lipinski definition) is 7. The Bertz CT molecular complexity index is 968.